The molecule has 2 atom stereocenters. The standard InChI is InChI=1S/C16H23Cl2N3O2/c1-11(14-4-3-12(17)9-15(14)18)21-16(19)20-6-2-7-23-13-5-8-22-10-13/h3-4,9,11,13H,2,5-8,10H2,1H3,(H3,19,20,21). The molecule has 2 rings (SSSR count). The first-order valence-electron chi connectivity index (χ1n) is 7.77. The quantitative estimate of drug-likeness (QED) is 0.445. The van der Waals surface area contributed by atoms with Crippen LogP contribution in [0, 0.1) is 0 Å². The van der Waals surface area contributed by atoms with Crippen molar-refractivity contribution in [3.63, 3.8) is 0 Å². The molecule has 0 spiro atoms. The topological polar surface area (TPSA) is 68.9 Å². The van der Waals surface area contributed by atoms with Crippen molar-refractivity contribution >= 4 is 29.2 Å². The maximum absolute atomic E-state index is 6.18. The molecule has 0 radical (unpaired) electrons. The van der Waals surface area contributed by atoms with Crippen molar-refractivity contribution in [3.05, 3.63) is 33.8 Å². The summed E-state index contributed by atoms with van der Waals surface area (Å²) >= 11 is 12.1. The predicted octanol–water partition coefficient (Wildman–Crippen LogP) is 3.15. The zero-order chi connectivity index (χ0) is 16.7. The molecule has 2 unspecified atom stereocenters. The predicted molar refractivity (Wildman–Crippen MR) is 94.3 cm³/mol. The highest BCUT2D eigenvalue weighted by atomic mass is 35.5. The van der Waals surface area contributed by atoms with Crippen LogP contribution in [0.25, 0.3) is 0 Å². The molecule has 3 N–H and O–H groups in total. The van der Waals surface area contributed by atoms with Gasteiger partial charge in [-0.3, -0.25) is 4.99 Å². The Hall–Kier alpha value is -1.01. The van der Waals surface area contributed by atoms with Crippen molar-refractivity contribution in [2.45, 2.75) is 31.9 Å². The van der Waals surface area contributed by atoms with Gasteiger partial charge in [0, 0.05) is 29.8 Å². The molecule has 23 heavy (non-hydrogen) atoms. The highest BCUT2D eigenvalue weighted by Crippen LogP contribution is 2.25. The van der Waals surface area contributed by atoms with Gasteiger partial charge >= 0.3 is 0 Å². The Morgan fingerprint density at radius 2 is 2.35 bits per heavy atom. The van der Waals surface area contributed by atoms with E-state index in [4.69, 9.17) is 38.4 Å². The summed E-state index contributed by atoms with van der Waals surface area (Å²) in [4.78, 5) is 4.30. The molecule has 0 bridgehead atoms. The van der Waals surface area contributed by atoms with Gasteiger partial charge in [-0.1, -0.05) is 29.3 Å². The van der Waals surface area contributed by atoms with Gasteiger partial charge in [-0.2, -0.15) is 0 Å². The summed E-state index contributed by atoms with van der Waals surface area (Å²) in [5.74, 6) is 0.396. The van der Waals surface area contributed by atoms with Gasteiger partial charge in [-0.25, -0.2) is 0 Å². The molecule has 1 fully saturated rings. The molecule has 1 aromatic carbocycles. The van der Waals surface area contributed by atoms with E-state index in [1.807, 2.05) is 13.0 Å². The Morgan fingerprint density at radius 3 is 3.04 bits per heavy atom. The fraction of sp³-hybridized carbons (Fsp3) is 0.562. The van der Waals surface area contributed by atoms with E-state index in [1.54, 1.807) is 12.1 Å². The number of nitrogens with one attached hydrogen (secondary N) is 1. The zero-order valence-electron chi connectivity index (χ0n) is 13.2. The molecule has 0 saturated carbocycles. The van der Waals surface area contributed by atoms with Gasteiger partial charge in [0.05, 0.1) is 18.8 Å². The lowest BCUT2D eigenvalue weighted by Crippen LogP contribution is -2.34. The van der Waals surface area contributed by atoms with Crippen molar-refractivity contribution in [2.75, 3.05) is 26.4 Å². The summed E-state index contributed by atoms with van der Waals surface area (Å²) in [6.07, 6.45) is 2.04. The van der Waals surface area contributed by atoms with E-state index in [0.717, 1.165) is 25.0 Å². The second-order valence-corrected chi connectivity index (χ2v) is 6.35. The van der Waals surface area contributed by atoms with E-state index < -0.39 is 0 Å². The number of ether oxygens (including phenoxy) is 2. The van der Waals surface area contributed by atoms with Crippen LogP contribution in [0.5, 0.6) is 0 Å². The van der Waals surface area contributed by atoms with Crippen LogP contribution in [0.3, 0.4) is 0 Å². The van der Waals surface area contributed by atoms with Gasteiger partial charge in [0.15, 0.2) is 5.96 Å². The highest BCUT2D eigenvalue weighted by Gasteiger charge is 2.15. The van der Waals surface area contributed by atoms with Gasteiger partial charge in [0.1, 0.15) is 0 Å². The summed E-state index contributed by atoms with van der Waals surface area (Å²) in [5.41, 5.74) is 6.83. The second-order valence-electron chi connectivity index (χ2n) is 5.51. The normalized spacial score (nSPS) is 19.8. The minimum Gasteiger partial charge on any atom is -0.379 e. The van der Waals surface area contributed by atoms with E-state index >= 15 is 0 Å². The maximum atomic E-state index is 6.18. The molecule has 128 valence electrons. The van der Waals surface area contributed by atoms with Crippen LogP contribution in [0.15, 0.2) is 23.2 Å². The molecular weight excluding hydrogens is 337 g/mol. The molecule has 1 aromatic rings. The van der Waals surface area contributed by atoms with Gasteiger partial charge in [0.2, 0.25) is 0 Å². The summed E-state index contributed by atoms with van der Waals surface area (Å²) in [6, 6.07) is 5.36. The number of guanidine groups is 1. The summed E-state index contributed by atoms with van der Waals surface area (Å²) < 4.78 is 10.9. The zero-order valence-corrected chi connectivity index (χ0v) is 14.7. The Labute approximate surface area is 147 Å². The highest BCUT2D eigenvalue weighted by molar-refractivity contribution is 6.35. The van der Waals surface area contributed by atoms with E-state index in [1.165, 1.54) is 0 Å². The van der Waals surface area contributed by atoms with Crippen LogP contribution in [-0.2, 0) is 9.47 Å². The smallest absolute Gasteiger partial charge is 0.189 e. The molecule has 5 nitrogen and oxygen atoms in total. The van der Waals surface area contributed by atoms with Crippen molar-refractivity contribution < 1.29 is 9.47 Å². The largest absolute Gasteiger partial charge is 0.379 e. The molecule has 1 aliphatic heterocycles. The van der Waals surface area contributed by atoms with Gasteiger partial charge < -0.3 is 20.5 Å². The molecule has 0 amide bonds. The van der Waals surface area contributed by atoms with E-state index in [0.29, 0.717) is 35.8 Å². The first kappa shape index (κ1) is 18.3. The van der Waals surface area contributed by atoms with Crippen LogP contribution in [0.2, 0.25) is 10.0 Å². The minimum atomic E-state index is -0.0459. The van der Waals surface area contributed by atoms with Crippen LogP contribution in [0.1, 0.15) is 31.4 Å². The first-order chi connectivity index (χ1) is 11.1. The van der Waals surface area contributed by atoms with Crippen LogP contribution < -0.4 is 11.1 Å². The lowest BCUT2D eigenvalue weighted by atomic mass is 10.1. The Kier molecular flexibility index (Phi) is 7.43. The van der Waals surface area contributed by atoms with Gasteiger partial charge in [-0.15, -0.1) is 0 Å². The first-order valence-corrected chi connectivity index (χ1v) is 8.52. The Morgan fingerprint density at radius 1 is 1.52 bits per heavy atom. The number of aliphatic imine (C=N–C) groups is 1. The monoisotopic (exact) mass is 359 g/mol. The van der Waals surface area contributed by atoms with Crippen molar-refractivity contribution in [1.29, 1.82) is 0 Å². The number of nitrogens with zero attached hydrogens (tertiary/aromatic N) is 1. The van der Waals surface area contributed by atoms with Crippen molar-refractivity contribution in [3.8, 4) is 0 Å². The molecule has 1 aliphatic rings. The van der Waals surface area contributed by atoms with Gasteiger partial charge in [-0.05, 0) is 37.5 Å². The van der Waals surface area contributed by atoms with E-state index in [9.17, 15) is 0 Å². The third kappa shape index (κ3) is 6.18. The number of hydrogen-bond donors (Lipinski definition) is 2. The number of halogens is 2. The van der Waals surface area contributed by atoms with E-state index in [-0.39, 0.29) is 12.1 Å². The Bertz CT molecular complexity index is 534. The van der Waals surface area contributed by atoms with Crippen LogP contribution in [0.4, 0.5) is 0 Å². The molecule has 7 heteroatoms. The van der Waals surface area contributed by atoms with E-state index in [2.05, 4.69) is 10.3 Å². The summed E-state index contributed by atoms with van der Waals surface area (Å²) in [5, 5.41) is 4.35. The molecule has 1 saturated heterocycles. The van der Waals surface area contributed by atoms with Crippen LogP contribution >= 0.6 is 23.2 Å². The molecular formula is C16H23Cl2N3O2. The van der Waals surface area contributed by atoms with Gasteiger partial charge in [0.25, 0.3) is 0 Å². The number of benzene rings is 1. The maximum Gasteiger partial charge on any atom is 0.189 e. The van der Waals surface area contributed by atoms with Crippen LogP contribution in [-0.4, -0.2) is 38.4 Å². The lowest BCUT2D eigenvalue weighted by molar-refractivity contribution is 0.0424. The third-order valence-corrected chi connectivity index (χ3v) is 4.18. The molecule has 0 aromatic heterocycles. The average molecular weight is 360 g/mol. The summed E-state index contributed by atoms with van der Waals surface area (Å²) in [6.45, 7) is 4.76. The summed E-state index contributed by atoms with van der Waals surface area (Å²) in [7, 11) is 0. The molecule has 1 heterocycles. The van der Waals surface area contributed by atoms with Crippen molar-refractivity contribution in [2.24, 2.45) is 10.7 Å². The lowest BCUT2D eigenvalue weighted by Gasteiger charge is -2.16. The SMILES string of the molecule is CC(NC(N)=NCCCOC1CCOC1)c1ccc(Cl)cc1Cl. The number of rotatable bonds is 7. The number of nitrogens with two attached hydrogens (primary N) is 1. The second kappa shape index (κ2) is 9.33. The third-order valence-electron chi connectivity index (χ3n) is 3.62. The molecule has 0 aliphatic carbocycles. The average Bonchev–Trinajstić information content (AvgIpc) is 3.00. The fourth-order valence-electron chi connectivity index (χ4n) is 2.36. The minimum absolute atomic E-state index is 0.0459. The Balaban J connectivity index is 1.70. The fourth-order valence-corrected chi connectivity index (χ4v) is 2.93. The number of hydrogen-bond acceptors (Lipinski definition) is 3. The van der Waals surface area contributed by atoms with Crippen molar-refractivity contribution in [1.82, 2.24) is 5.32 Å².